The topological polar surface area (TPSA) is 75.4 Å². The van der Waals surface area contributed by atoms with Crippen LogP contribution in [0.15, 0.2) is 10.6 Å². The Labute approximate surface area is 75.7 Å². The number of amides is 1. The lowest BCUT2D eigenvalue weighted by Gasteiger charge is -1.96. The fourth-order valence-electron chi connectivity index (χ4n) is 0.968. The van der Waals surface area contributed by atoms with Crippen molar-refractivity contribution in [2.45, 2.75) is 19.3 Å². The predicted molar refractivity (Wildman–Crippen MR) is 45.2 cm³/mol. The molecule has 1 aromatic rings. The van der Waals surface area contributed by atoms with Crippen molar-refractivity contribution >= 4 is 5.91 Å². The molecule has 0 saturated heterocycles. The Bertz CT molecular complexity index is 283. The number of nitrogens with one attached hydrogen (secondary N) is 1. The molecular formula is C8H12N2O3. The maximum atomic E-state index is 10.8. The largest absolute Gasteiger partial charge is 0.491 e. The van der Waals surface area contributed by atoms with E-state index >= 15 is 0 Å². The van der Waals surface area contributed by atoms with Gasteiger partial charge in [0.2, 0.25) is 5.91 Å². The van der Waals surface area contributed by atoms with Crippen LogP contribution in [0, 0.1) is 0 Å². The quantitative estimate of drug-likeness (QED) is 0.712. The summed E-state index contributed by atoms with van der Waals surface area (Å²) in [6, 6.07) is 1.45. The number of hydrogen-bond donors (Lipinski definition) is 2. The second kappa shape index (κ2) is 4.49. The molecule has 2 N–H and O–H groups in total. The smallest absolute Gasteiger partial charge is 0.251 e. The van der Waals surface area contributed by atoms with Gasteiger partial charge in [-0.1, -0.05) is 0 Å². The van der Waals surface area contributed by atoms with Crippen LogP contribution in [0.1, 0.15) is 18.6 Å². The van der Waals surface area contributed by atoms with Crippen molar-refractivity contribution in [3.8, 4) is 5.88 Å². The fourth-order valence-corrected chi connectivity index (χ4v) is 0.968. The monoisotopic (exact) mass is 184 g/mol. The zero-order valence-corrected chi connectivity index (χ0v) is 7.41. The third kappa shape index (κ3) is 3.14. The molecule has 1 rings (SSSR count). The number of aromatic nitrogens is 1. The van der Waals surface area contributed by atoms with Crippen molar-refractivity contribution in [1.29, 1.82) is 0 Å². The maximum absolute atomic E-state index is 10.8. The highest BCUT2D eigenvalue weighted by molar-refractivity contribution is 5.75. The van der Waals surface area contributed by atoms with E-state index in [1.165, 1.54) is 6.07 Å². The number of aromatic hydroxyl groups is 1. The van der Waals surface area contributed by atoms with Gasteiger partial charge in [0.1, 0.15) is 5.76 Å². The number of carbonyl (C=O) groups is 1. The Kier molecular flexibility index (Phi) is 3.31. The van der Waals surface area contributed by atoms with E-state index in [-0.39, 0.29) is 11.8 Å². The molecule has 5 nitrogen and oxygen atoms in total. The van der Waals surface area contributed by atoms with E-state index in [1.54, 1.807) is 7.05 Å². The first-order valence-electron chi connectivity index (χ1n) is 4.07. The summed E-state index contributed by atoms with van der Waals surface area (Å²) < 4.78 is 4.75. The molecule has 0 radical (unpaired) electrons. The summed E-state index contributed by atoms with van der Waals surface area (Å²) in [5.74, 6) is 0.486. The van der Waals surface area contributed by atoms with E-state index in [0.29, 0.717) is 25.0 Å². The standard InChI is InChI=1S/C8H12N2O3/c1-9-7(11)4-2-3-6-5-8(12)10-13-6/h5H,2-4H2,1H3,(H,9,11)(H,10,12). The molecule has 0 aliphatic heterocycles. The molecule has 0 aromatic carbocycles. The van der Waals surface area contributed by atoms with Gasteiger partial charge in [0.25, 0.3) is 5.88 Å². The predicted octanol–water partition coefficient (Wildman–Crippen LogP) is 0.449. The van der Waals surface area contributed by atoms with Gasteiger partial charge in [0.05, 0.1) is 0 Å². The molecule has 0 aliphatic carbocycles. The summed E-state index contributed by atoms with van der Waals surface area (Å²) in [4.78, 5) is 10.8. The normalized spacial score (nSPS) is 9.92. The summed E-state index contributed by atoms with van der Waals surface area (Å²) in [5.41, 5.74) is 0. The first-order chi connectivity index (χ1) is 6.22. The first-order valence-corrected chi connectivity index (χ1v) is 4.07. The number of aryl methyl sites for hydroxylation is 1. The number of hydrogen-bond acceptors (Lipinski definition) is 4. The van der Waals surface area contributed by atoms with E-state index in [1.807, 2.05) is 0 Å². The van der Waals surface area contributed by atoms with E-state index in [4.69, 9.17) is 9.63 Å². The Hall–Kier alpha value is -1.52. The van der Waals surface area contributed by atoms with Gasteiger partial charge in [-0.3, -0.25) is 4.79 Å². The molecule has 0 atom stereocenters. The SMILES string of the molecule is CNC(=O)CCCc1cc(O)no1. The number of rotatable bonds is 4. The molecule has 1 heterocycles. The Morgan fingerprint density at radius 3 is 3.08 bits per heavy atom. The Balaban J connectivity index is 2.24. The van der Waals surface area contributed by atoms with Gasteiger partial charge < -0.3 is 14.9 Å². The molecule has 1 aromatic heterocycles. The second-order valence-electron chi connectivity index (χ2n) is 2.68. The van der Waals surface area contributed by atoms with Crippen molar-refractivity contribution in [3.63, 3.8) is 0 Å². The lowest BCUT2D eigenvalue weighted by Crippen LogP contribution is -2.17. The highest BCUT2D eigenvalue weighted by Crippen LogP contribution is 2.11. The molecule has 72 valence electrons. The van der Waals surface area contributed by atoms with Gasteiger partial charge in [-0.15, -0.1) is 0 Å². The van der Waals surface area contributed by atoms with Crippen LogP contribution >= 0.6 is 0 Å². The van der Waals surface area contributed by atoms with E-state index in [0.717, 1.165) is 0 Å². The first kappa shape index (κ1) is 9.57. The van der Waals surface area contributed by atoms with Crippen LogP contribution in [-0.2, 0) is 11.2 Å². The minimum absolute atomic E-state index is 0.00346. The van der Waals surface area contributed by atoms with E-state index < -0.39 is 0 Å². The van der Waals surface area contributed by atoms with Crippen molar-refractivity contribution in [2.24, 2.45) is 0 Å². The molecule has 0 unspecified atom stereocenters. The zero-order chi connectivity index (χ0) is 9.68. The highest BCUT2D eigenvalue weighted by atomic mass is 16.5. The lowest BCUT2D eigenvalue weighted by atomic mass is 10.2. The maximum Gasteiger partial charge on any atom is 0.251 e. The second-order valence-corrected chi connectivity index (χ2v) is 2.68. The van der Waals surface area contributed by atoms with E-state index in [9.17, 15) is 4.79 Å². The van der Waals surface area contributed by atoms with Crippen LogP contribution in [0.3, 0.4) is 0 Å². The summed E-state index contributed by atoms with van der Waals surface area (Å²) in [6.45, 7) is 0. The van der Waals surface area contributed by atoms with Crippen LogP contribution in [0.2, 0.25) is 0 Å². The van der Waals surface area contributed by atoms with Crippen molar-refractivity contribution in [2.75, 3.05) is 7.05 Å². The van der Waals surface area contributed by atoms with Gasteiger partial charge in [0.15, 0.2) is 0 Å². The summed E-state index contributed by atoms with van der Waals surface area (Å²) in [7, 11) is 1.60. The lowest BCUT2D eigenvalue weighted by molar-refractivity contribution is -0.120. The van der Waals surface area contributed by atoms with Crippen LogP contribution in [0.4, 0.5) is 0 Å². The summed E-state index contributed by atoms with van der Waals surface area (Å²) in [6.07, 6.45) is 1.76. The third-order valence-corrected chi connectivity index (χ3v) is 1.65. The molecule has 0 aliphatic rings. The minimum Gasteiger partial charge on any atom is -0.491 e. The molecule has 5 heteroatoms. The van der Waals surface area contributed by atoms with Crippen molar-refractivity contribution < 1.29 is 14.4 Å². The molecule has 1 amide bonds. The number of carbonyl (C=O) groups excluding carboxylic acids is 1. The van der Waals surface area contributed by atoms with Crippen molar-refractivity contribution in [3.05, 3.63) is 11.8 Å². The van der Waals surface area contributed by atoms with Gasteiger partial charge in [-0.25, -0.2) is 0 Å². The van der Waals surface area contributed by atoms with Gasteiger partial charge >= 0.3 is 0 Å². The van der Waals surface area contributed by atoms with E-state index in [2.05, 4.69) is 10.5 Å². The summed E-state index contributed by atoms with van der Waals surface area (Å²) in [5, 5.41) is 14.7. The van der Waals surface area contributed by atoms with Crippen LogP contribution < -0.4 is 5.32 Å². The zero-order valence-electron chi connectivity index (χ0n) is 7.41. The van der Waals surface area contributed by atoms with Crippen LogP contribution in [0.25, 0.3) is 0 Å². The van der Waals surface area contributed by atoms with Gasteiger partial charge in [0, 0.05) is 26.0 Å². The summed E-state index contributed by atoms with van der Waals surface area (Å²) >= 11 is 0. The third-order valence-electron chi connectivity index (χ3n) is 1.65. The Morgan fingerprint density at radius 1 is 1.77 bits per heavy atom. The van der Waals surface area contributed by atoms with Gasteiger partial charge in [-0.05, 0) is 11.6 Å². The molecule has 0 saturated carbocycles. The van der Waals surface area contributed by atoms with Gasteiger partial charge in [-0.2, -0.15) is 0 Å². The Morgan fingerprint density at radius 2 is 2.54 bits per heavy atom. The number of nitrogens with zero attached hydrogens (tertiary/aromatic N) is 1. The van der Waals surface area contributed by atoms with Crippen molar-refractivity contribution in [1.82, 2.24) is 10.5 Å². The average molecular weight is 184 g/mol. The molecule has 0 spiro atoms. The average Bonchev–Trinajstić information content (AvgIpc) is 2.51. The van der Waals surface area contributed by atoms with Crippen LogP contribution in [0.5, 0.6) is 5.88 Å². The fraction of sp³-hybridized carbons (Fsp3) is 0.500. The highest BCUT2D eigenvalue weighted by Gasteiger charge is 2.03. The minimum atomic E-state index is -0.116. The molecule has 0 fully saturated rings. The van der Waals surface area contributed by atoms with Crippen LogP contribution in [-0.4, -0.2) is 23.2 Å². The molecule has 0 bridgehead atoms. The molecular weight excluding hydrogens is 172 g/mol. The molecule has 13 heavy (non-hydrogen) atoms.